The summed E-state index contributed by atoms with van der Waals surface area (Å²) in [7, 11) is 0. The van der Waals surface area contributed by atoms with Crippen LogP contribution >= 0.6 is 0 Å². The number of rotatable bonds is 5. The molecule has 4 heteroatoms. The van der Waals surface area contributed by atoms with Crippen LogP contribution in [0.3, 0.4) is 0 Å². The maximum absolute atomic E-state index is 11.7. The molecule has 1 aromatic rings. The molecule has 0 saturated heterocycles. The fraction of sp³-hybridized carbons (Fsp3) is 0.611. The molecular formula is C18H28N2O2. The van der Waals surface area contributed by atoms with Crippen molar-refractivity contribution in [3.63, 3.8) is 0 Å². The van der Waals surface area contributed by atoms with Crippen LogP contribution in [0.4, 0.5) is 10.5 Å². The molecule has 0 spiro atoms. The number of hydrogen-bond acceptors (Lipinski definition) is 3. The van der Waals surface area contributed by atoms with Crippen LogP contribution in [0, 0.1) is 5.41 Å². The average molecular weight is 304 g/mol. The van der Waals surface area contributed by atoms with Gasteiger partial charge in [0.2, 0.25) is 0 Å². The Bertz CT molecular complexity index is 513. The lowest BCUT2D eigenvalue weighted by Gasteiger charge is -2.21. The normalized spacial score (nSPS) is 17.7. The van der Waals surface area contributed by atoms with Crippen molar-refractivity contribution in [2.24, 2.45) is 5.41 Å². The van der Waals surface area contributed by atoms with Gasteiger partial charge in [0.05, 0.1) is 0 Å². The lowest BCUT2D eigenvalue weighted by Crippen LogP contribution is -2.32. The summed E-state index contributed by atoms with van der Waals surface area (Å²) in [6.45, 7) is 11.0. The van der Waals surface area contributed by atoms with Gasteiger partial charge in [-0.2, -0.15) is 0 Å². The summed E-state index contributed by atoms with van der Waals surface area (Å²) in [5, 5.41) is 6.32. The van der Waals surface area contributed by atoms with E-state index in [9.17, 15) is 4.79 Å². The van der Waals surface area contributed by atoms with E-state index in [0.717, 1.165) is 12.2 Å². The first-order valence-corrected chi connectivity index (χ1v) is 8.00. The van der Waals surface area contributed by atoms with E-state index in [1.165, 1.54) is 18.4 Å². The Labute approximate surface area is 133 Å². The molecule has 1 saturated carbocycles. The van der Waals surface area contributed by atoms with Crippen molar-refractivity contribution in [3.8, 4) is 0 Å². The first kappa shape index (κ1) is 16.8. The molecule has 2 N–H and O–H groups in total. The van der Waals surface area contributed by atoms with Crippen molar-refractivity contribution in [1.29, 1.82) is 0 Å². The largest absolute Gasteiger partial charge is 0.444 e. The number of hydrogen-bond donors (Lipinski definition) is 2. The Morgan fingerprint density at radius 1 is 1.27 bits per heavy atom. The molecule has 1 aliphatic rings. The van der Waals surface area contributed by atoms with E-state index >= 15 is 0 Å². The fourth-order valence-electron chi connectivity index (χ4n) is 2.27. The van der Waals surface area contributed by atoms with Crippen LogP contribution in [-0.4, -0.2) is 17.7 Å². The Kier molecular flexibility index (Phi) is 4.81. The van der Waals surface area contributed by atoms with E-state index in [4.69, 9.17) is 4.74 Å². The number of nitrogens with one attached hydrogen (secondary N) is 2. The molecule has 0 radical (unpaired) electrons. The number of anilines is 1. The molecule has 0 heterocycles. The maximum atomic E-state index is 11.7. The number of ether oxygens (including phenoxy) is 1. The topological polar surface area (TPSA) is 50.4 Å². The predicted molar refractivity (Wildman–Crippen MR) is 89.9 cm³/mol. The van der Waals surface area contributed by atoms with E-state index in [1.807, 2.05) is 45.0 Å². The summed E-state index contributed by atoms with van der Waals surface area (Å²) in [5.74, 6) is 0. The van der Waals surface area contributed by atoms with E-state index in [0.29, 0.717) is 11.5 Å². The van der Waals surface area contributed by atoms with Crippen molar-refractivity contribution in [2.45, 2.75) is 65.6 Å². The van der Waals surface area contributed by atoms with Crippen LogP contribution in [0.15, 0.2) is 24.3 Å². The van der Waals surface area contributed by atoms with E-state index in [1.54, 1.807) is 0 Å². The Balaban J connectivity index is 1.81. The number of carbonyl (C=O) groups is 1. The molecule has 0 bridgehead atoms. The third-order valence-corrected chi connectivity index (χ3v) is 4.30. The monoisotopic (exact) mass is 304 g/mol. The predicted octanol–water partition coefficient (Wildman–Crippen LogP) is 4.31. The van der Waals surface area contributed by atoms with Crippen LogP contribution in [0.1, 0.15) is 53.0 Å². The van der Waals surface area contributed by atoms with Gasteiger partial charge in [0.15, 0.2) is 0 Å². The van der Waals surface area contributed by atoms with Gasteiger partial charge in [0, 0.05) is 18.3 Å². The second-order valence-electron chi connectivity index (χ2n) is 7.58. The molecule has 0 aromatic heterocycles. The highest BCUT2D eigenvalue weighted by atomic mass is 16.6. The van der Waals surface area contributed by atoms with Crippen molar-refractivity contribution in [1.82, 2.24) is 5.32 Å². The fourth-order valence-corrected chi connectivity index (χ4v) is 2.27. The zero-order valence-corrected chi connectivity index (χ0v) is 14.3. The van der Waals surface area contributed by atoms with Gasteiger partial charge in [0.25, 0.3) is 0 Å². The number of carbonyl (C=O) groups excluding carboxylic acids is 1. The molecule has 4 nitrogen and oxygen atoms in total. The number of benzene rings is 1. The average Bonchev–Trinajstić information content (AvgIpc) is 3.15. The summed E-state index contributed by atoms with van der Waals surface area (Å²) < 4.78 is 5.23. The summed E-state index contributed by atoms with van der Waals surface area (Å²) >= 11 is 0. The maximum Gasteiger partial charge on any atom is 0.412 e. The zero-order valence-electron chi connectivity index (χ0n) is 14.3. The summed E-state index contributed by atoms with van der Waals surface area (Å²) in [5.41, 5.74) is 1.97. The molecule has 1 atom stereocenters. The van der Waals surface area contributed by atoms with Gasteiger partial charge in [0.1, 0.15) is 5.60 Å². The minimum Gasteiger partial charge on any atom is -0.444 e. The third kappa shape index (κ3) is 5.02. The lowest BCUT2D eigenvalue weighted by molar-refractivity contribution is 0.0636. The van der Waals surface area contributed by atoms with Gasteiger partial charge < -0.3 is 10.1 Å². The van der Waals surface area contributed by atoms with Gasteiger partial charge in [-0.25, -0.2) is 4.79 Å². The molecule has 0 aliphatic heterocycles. The highest BCUT2D eigenvalue weighted by Gasteiger charge is 2.42. The standard InChI is InChI=1S/C18H28N2O2/c1-13(18(5)10-11-18)19-12-14-6-8-15(9-7-14)20-16(21)22-17(2,3)4/h6-9,13,19H,10-12H2,1-5H3,(H,20,21). The minimum atomic E-state index is -0.483. The summed E-state index contributed by atoms with van der Waals surface area (Å²) in [6, 6.07) is 8.41. The molecule has 122 valence electrons. The summed E-state index contributed by atoms with van der Waals surface area (Å²) in [4.78, 5) is 11.7. The molecule has 1 aromatic carbocycles. The Morgan fingerprint density at radius 3 is 2.36 bits per heavy atom. The highest BCUT2D eigenvalue weighted by molar-refractivity contribution is 5.84. The van der Waals surface area contributed by atoms with Gasteiger partial charge in [-0.05, 0) is 63.6 Å². The van der Waals surface area contributed by atoms with Gasteiger partial charge in [-0.3, -0.25) is 5.32 Å². The molecule has 1 aliphatic carbocycles. The summed E-state index contributed by atoms with van der Waals surface area (Å²) in [6.07, 6.45) is 2.22. The van der Waals surface area contributed by atoms with Crippen LogP contribution in [-0.2, 0) is 11.3 Å². The Morgan fingerprint density at radius 2 is 1.86 bits per heavy atom. The first-order chi connectivity index (χ1) is 10.2. The molecule has 1 unspecified atom stereocenters. The second kappa shape index (κ2) is 6.29. The first-order valence-electron chi connectivity index (χ1n) is 8.00. The van der Waals surface area contributed by atoms with Crippen LogP contribution in [0.5, 0.6) is 0 Å². The van der Waals surface area contributed by atoms with Gasteiger partial charge in [-0.1, -0.05) is 19.1 Å². The van der Waals surface area contributed by atoms with Crippen molar-refractivity contribution >= 4 is 11.8 Å². The van der Waals surface area contributed by atoms with E-state index in [2.05, 4.69) is 24.5 Å². The highest BCUT2D eigenvalue weighted by Crippen LogP contribution is 2.47. The molecule has 1 amide bonds. The zero-order chi connectivity index (χ0) is 16.4. The van der Waals surface area contributed by atoms with Crippen LogP contribution in [0.25, 0.3) is 0 Å². The molecular weight excluding hydrogens is 276 g/mol. The smallest absolute Gasteiger partial charge is 0.412 e. The van der Waals surface area contributed by atoms with E-state index < -0.39 is 11.7 Å². The van der Waals surface area contributed by atoms with Crippen LogP contribution < -0.4 is 10.6 Å². The molecule has 1 fully saturated rings. The molecule has 2 rings (SSSR count). The quantitative estimate of drug-likeness (QED) is 0.852. The Hall–Kier alpha value is -1.55. The number of amides is 1. The lowest BCUT2D eigenvalue weighted by atomic mass is 10.0. The van der Waals surface area contributed by atoms with Gasteiger partial charge >= 0.3 is 6.09 Å². The molecule has 22 heavy (non-hydrogen) atoms. The van der Waals surface area contributed by atoms with Crippen LogP contribution in [0.2, 0.25) is 0 Å². The second-order valence-corrected chi connectivity index (χ2v) is 7.58. The van der Waals surface area contributed by atoms with Crippen molar-refractivity contribution < 1.29 is 9.53 Å². The minimum absolute atomic E-state index is 0.423. The van der Waals surface area contributed by atoms with Crippen molar-refractivity contribution in [2.75, 3.05) is 5.32 Å². The van der Waals surface area contributed by atoms with Gasteiger partial charge in [-0.15, -0.1) is 0 Å². The third-order valence-electron chi connectivity index (χ3n) is 4.30. The SMILES string of the molecule is CC(NCc1ccc(NC(=O)OC(C)(C)C)cc1)C1(C)CC1. The van der Waals surface area contributed by atoms with Crippen molar-refractivity contribution in [3.05, 3.63) is 29.8 Å². The van der Waals surface area contributed by atoms with E-state index in [-0.39, 0.29) is 0 Å².